The molecule has 0 unspecified atom stereocenters. The second kappa shape index (κ2) is 37.9. The molecule has 0 aliphatic carbocycles. The molecule has 9 heteroatoms. The van der Waals surface area contributed by atoms with Gasteiger partial charge in [-0.05, 0) is 51.7 Å². The Kier molecular flexibility index (Phi) is 35.0. The van der Waals surface area contributed by atoms with Gasteiger partial charge in [-0.25, -0.2) is 0 Å². The van der Waals surface area contributed by atoms with E-state index < -0.39 is 0 Å². The highest BCUT2D eigenvalue weighted by Crippen LogP contribution is 2.14. The van der Waals surface area contributed by atoms with Crippen LogP contribution in [0.4, 0.5) is 0 Å². The third kappa shape index (κ3) is 32.5. The zero-order chi connectivity index (χ0) is 36.7. The Labute approximate surface area is 315 Å². The Morgan fingerprint density at radius 1 is 0.569 bits per heavy atom. The third-order valence-corrected chi connectivity index (χ3v) is 10.1. The fourth-order valence-corrected chi connectivity index (χ4v) is 6.73. The second-order valence-corrected chi connectivity index (χ2v) is 15.0. The van der Waals surface area contributed by atoms with Crippen molar-refractivity contribution in [3.05, 3.63) is 0 Å². The molecule has 0 aromatic rings. The summed E-state index contributed by atoms with van der Waals surface area (Å²) in [5.74, 6) is 0.897. The largest absolute Gasteiger partial charge is 0.356 e. The minimum absolute atomic E-state index is 0.0690. The maximum Gasteiger partial charge on any atom is 0.241 e. The van der Waals surface area contributed by atoms with Gasteiger partial charge in [0.1, 0.15) is 0 Å². The van der Waals surface area contributed by atoms with Crippen LogP contribution in [-0.4, -0.2) is 88.1 Å². The van der Waals surface area contributed by atoms with Gasteiger partial charge in [-0.15, -0.1) is 0 Å². The van der Waals surface area contributed by atoms with Gasteiger partial charge in [0.25, 0.3) is 0 Å². The van der Waals surface area contributed by atoms with Gasteiger partial charge in [0.05, 0.1) is 13.1 Å². The Balaban J connectivity index is 2.18. The number of hydrogen-bond acceptors (Lipinski definition) is 7. The summed E-state index contributed by atoms with van der Waals surface area (Å²) in [6.07, 6.45) is 34.8. The fraction of sp³-hybridized carbons (Fsp3) is 0.929. The van der Waals surface area contributed by atoms with Crippen molar-refractivity contribution in [1.29, 1.82) is 0 Å². The molecular formula is C42H85N7O2. The van der Waals surface area contributed by atoms with E-state index in [0.717, 1.165) is 90.4 Å². The van der Waals surface area contributed by atoms with E-state index in [-0.39, 0.29) is 24.9 Å². The molecule has 0 radical (unpaired) electrons. The van der Waals surface area contributed by atoms with Crippen LogP contribution in [0.5, 0.6) is 0 Å². The highest BCUT2D eigenvalue weighted by molar-refractivity contribution is 5.85. The van der Waals surface area contributed by atoms with Crippen molar-refractivity contribution < 1.29 is 9.59 Å². The van der Waals surface area contributed by atoms with Gasteiger partial charge in [-0.1, -0.05) is 155 Å². The fourth-order valence-electron chi connectivity index (χ4n) is 6.73. The van der Waals surface area contributed by atoms with Crippen LogP contribution in [0.3, 0.4) is 0 Å². The standard InChI is InChI=1S/C42H85N7O2/c1-3-5-7-9-11-13-15-17-19-21-23-25-36-49(37-26-24-22-20-18-16-14-12-10-8-6-4-2)41(51)39-48-40(50)38-44-32-27-30-43-31-28-33-45-42-46-34-29-35-47-42/h43-44H,3-39H2,1-2H3,(H,48,50)(H2,45,46,47). The number of amides is 2. The van der Waals surface area contributed by atoms with Crippen molar-refractivity contribution in [1.82, 2.24) is 31.5 Å². The Bertz CT molecular complexity index is 782. The summed E-state index contributed by atoms with van der Waals surface area (Å²) in [7, 11) is 0. The van der Waals surface area contributed by atoms with Gasteiger partial charge in [0.2, 0.25) is 11.8 Å². The summed E-state index contributed by atoms with van der Waals surface area (Å²) in [4.78, 5) is 32.1. The van der Waals surface area contributed by atoms with E-state index in [1.165, 1.54) is 141 Å². The number of rotatable bonds is 38. The Morgan fingerprint density at radius 2 is 1.02 bits per heavy atom. The van der Waals surface area contributed by atoms with E-state index in [1.807, 2.05) is 4.90 Å². The van der Waals surface area contributed by atoms with Gasteiger partial charge < -0.3 is 31.5 Å². The molecule has 9 nitrogen and oxygen atoms in total. The van der Waals surface area contributed by atoms with Crippen LogP contribution in [-0.2, 0) is 9.59 Å². The Hall–Kier alpha value is -1.87. The molecule has 0 saturated carbocycles. The zero-order valence-electron chi connectivity index (χ0n) is 33.9. The summed E-state index contributed by atoms with van der Waals surface area (Å²) in [5.41, 5.74) is 0. The first-order valence-electron chi connectivity index (χ1n) is 22.2. The number of carbonyl (C=O) groups excluding carboxylic acids is 2. The summed E-state index contributed by atoms with van der Waals surface area (Å²) in [6.45, 7) is 12.0. The number of nitrogens with one attached hydrogen (secondary N) is 5. The van der Waals surface area contributed by atoms with Gasteiger partial charge in [0.15, 0.2) is 5.96 Å². The molecule has 0 aromatic heterocycles. The quantitative estimate of drug-likeness (QED) is 0.0412. The first-order chi connectivity index (χ1) is 25.2. The molecule has 300 valence electrons. The number of hydrogen-bond donors (Lipinski definition) is 5. The lowest BCUT2D eigenvalue weighted by Crippen LogP contribution is -2.43. The monoisotopic (exact) mass is 720 g/mol. The van der Waals surface area contributed by atoms with Crippen molar-refractivity contribution in [2.45, 2.75) is 187 Å². The number of guanidine groups is 1. The van der Waals surface area contributed by atoms with E-state index in [4.69, 9.17) is 0 Å². The molecule has 0 aromatic carbocycles. The van der Waals surface area contributed by atoms with Crippen LogP contribution in [0.1, 0.15) is 187 Å². The van der Waals surface area contributed by atoms with Crippen molar-refractivity contribution in [2.75, 3.05) is 65.4 Å². The van der Waals surface area contributed by atoms with Crippen molar-refractivity contribution in [3.8, 4) is 0 Å². The first kappa shape index (κ1) is 47.2. The molecule has 1 aliphatic heterocycles. The molecule has 1 aliphatic rings. The van der Waals surface area contributed by atoms with Gasteiger partial charge in [-0.2, -0.15) is 0 Å². The van der Waals surface area contributed by atoms with E-state index in [1.54, 1.807) is 0 Å². The smallest absolute Gasteiger partial charge is 0.241 e. The molecule has 51 heavy (non-hydrogen) atoms. The van der Waals surface area contributed by atoms with Crippen LogP contribution < -0.4 is 26.6 Å². The van der Waals surface area contributed by atoms with Crippen LogP contribution in [0.2, 0.25) is 0 Å². The Morgan fingerprint density at radius 3 is 1.49 bits per heavy atom. The van der Waals surface area contributed by atoms with Crippen LogP contribution in [0.25, 0.3) is 0 Å². The first-order valence-corrected chi connectivity index (χ1v) is 22.2. The highest BCUT2D eigenvalue weighted by Gasteiger charge is 2.14. The SMILES string of the molecule is CCCCCCCCCCCCCCN(CCCCCCCCCCCCCC)C(=O)CNC(=O)CNCCCNCCCNC1=NCCCN1. The van der Waals surface area contributed by atoms with Crippen molar-refractivity contribution in [3.63, 3.8) is 0 Å². The molecule has 0 bridgehead atoms. The van der Waals surface area contributed by atoms with Gasteiger partial charge in [-0.3, -0.25) is 14.6 Å². The zero-order valence-corrected chi connectivity index (χ0v) is 33.9. The summed E-state index contributed by atoms with van der Waals surface area (Å²) < 4.78 is 0. The lowest BCUT2D eigenvalue weighted by atomic mass is 10.0. The third-order valence-electron chi connectivity index (χ3n) is 10.1. The molecule has 0 atom stereocenters. The van der Waals surface area contributed by atoms with E-state index in [2.05, 4.69) is 45.4 Å². The van der Waals surface area contributed by atoms with Crippen LogP contribution in [0.15, 0.2) is 4.99 Å². The summed E-state index contributed by atoms with van der Waals surface area (Å²) in [6, 6.07) is 0. The number of aliphatic imine (C=N–C) groups is 1. The average molecular weight is 720 g/mol. The topological polar surface area (TPSA) is 110 Å². The van der Waals surface area contributed by atoms with E-state index in [0.29, 0.717) is 0 Å². The summed E-state index contributed by atoms with van der Waals surface area (Å²) >= 11 is 0. The predicted molar refractivity (Wildman–Crippen MR) is 220 cm³/mol. The van der Waals surface area contributed by atoms with Crippen molar-refractivity contribution >= 4 is 17.8 Å². The molecule has 5 N–H and O–H groups in total. The minimum atomic E-state index is -0.0997. The van der Waals surface area contributed by atoms with E-state index in [9.17, 15) is 9.59 Å². The maximum atomic E-state index is 13.2. The molecule has 1 heterocycles. The second-order valence-electron chi connectivity index (χ2n) is 15.0. The molecular weight excluding hydrogens is 635 g/mol. The van der Waals surface area contributed by atoms with Gasteiger partial charge in [0, 0.05) is 32.7 Å². The van der Waals surface area contributed by atoms with Crippen LogP contribution in [0, 0.1) is 0 Å². The maximum absolute atomic E-state index is 13.2. The number of nitrogens with zero attached hydrogens (tertiary/aromatic N) is 2. The average Bonchev–Trinajstić information content (AvgIpc) is 3.15. The van der Waals surface area contributed by atoms with Gasteiger partial charge >= 0.3 is 0 Å². The minimum Gasteiger partial charge on any atom is -0.356 e. The molecule has 0 fully saturated rings. The lowest BCUT2D eigenvalue weighted by Gasteiger charge is -2.23. The van der Waals surface area contributed by atoms with Crippen molar-refractivity contribution in [2.24, 2.45) is 4.99 Å². The number of unbranched alkanes of at least 4 members (excludes halogenated alkanes) is 22. The number of carbonyl (C=O) groups is 2. The normalized spacial score (nSPS) is 12.8. The summed E-state index contributed by atoms with van der Waals surface area (Å²) in [5, 5.41) is 16.2. The predicted octanol–water partition coefficient (Wildman–Crippen LogP) is 8.23. The lowest BCUT2D eigenvalue weighted by molar-refractivity contribution is -0.132. The highest BCUT2D eigenvalue weighted by atomic mass is 16.2. The van der Waals surface area contributed by atoms with E-state index >= 15 is 0 Å². The molecule has 0 saturated heterocycles. The molecule has 0 spiro atoms. The molecule has 2 amide bonds. The van der Waals surface area contributed by atoms with Crippen LogP contribution >= 0.6 is 0 Å². The molecule has 1 rings (SSSR count).